The number of hydrogen-bond acceptors (Lipinski definition) is 4. The Labute approximate surface area is 140 Å². The molecular formula is C16H13F3N4S. The molecule has 3 aromatic rings. The number of anilines is 1. The molecule has 0 fully saturated rings. The number of benzene rings is 1. The predicted octanol–water partition coefficient (Wildman–Crippen LogP) is 4.85. The van der Waals surface area contributed by atoms with Gasteiger partial charge in [0, 0.05) is 23.6 Å². The van der Waals surface area contributed by atoms with E-state index < -0.39 is 11.7 Å². The Morgan fingerprint density at radius 1 is 1.08 bits per heavy atom. The van der Waals surface area contributed by atoms with Gasteiger partial charge in [-0.15, -0.1) is 0 Å². The number of hydrogen-bond donors (Lipinski definition) is 2. The molecule has 8 heteroatoms. The summed E-state index contributed by atoms with van der Waals surface area (Å²) in [6.07, 6.45) is 2.35. The molecule has 124 valence electrons. The Bertz CT molecular complexity index is 845. The van der Waals surface area contributed by atoms with E-state index in [2.05, 4.69) is 19.7 Å². The lowest BCUT2D eigenvalue weighted by Gasteiger charge is -2.07. The number of aromatic nitrogens is 3. The molecule has 0 aliphatic rings. The summed E-state index contributed by atoms with van der Waals surface area (Å²) in [4.78, 5) is 11.4. The van der Waals surface area contributed by atoms with Crippen molar-refractivity contribution < 1.29 is 13.2 Å². The summed E-state index contributed by atoms with van der Waals surface area (Å²) >= 11 is 1.44. The molecule has 0 radical (unpaired) electrons. The first-order chi connectivity index (χ1) is 11.5. The van der Waals surface area contributed by atoms with Crippen molar-refractivity contribution in [2.24, 2.45) is 0 Å². The molecule has 0 aliphatic carbocycles. The monoisotopic (exact) mass is 350 g/mol. The first-order valence-corrected chi connectivity index (χ1v) is 8.17. The van der Waals surface area contributed by atoms with Crippen LogP contribution in [0.2, 0.25) is 0 Å². The van der Waals surface area contributed by atoms with Gasteiger partial charge in [0.05, 0.1) is 29.3 Å². The third-order valence-electron chi connectivity index (χ3n) is 3.31. The Hall–Kier alpha value is -2.48. The number of pyridine rings is 1. The number of imidazole rings is 1. The van der Waals surface area contributed by atoms with Gasteiger partial charge in [0.1, 0.15) is 5.82 Å². The normalized spacial score (nSPS) is 11.5. The van der Waals surface area contributed by atoms with Crippen LogP contribution in [0, 0.1) is 0 Å². The van der Waals surface area contributed by atoms with Crippen LogP contribution >= 0.6 is 11.9 Å². The number of rotatable bonds is 4. The minimum Gasteiger partial charge on any atom is -0.338 e. The summed E-state index contributed by atoms with van der Waals surface area (Å²) in [7, 11) is 0. The summed E-state index contributed by atoms with van der Waals surface area (Å²) < 4.78 is 41.6. The van der Waals surface area contributed by atoms with Crippen LogP contribution < -0.4 is 4.72 Å². The van der Waals surface area contributed by atoms with Crippen molar-refractivity contribution in [3.05, 3.63) is 54.5 Å². The fourth-order valence-corrected chi connectivity index (χ4v) is 2.57. The van der Waals surface area contributed by atoms with Crippen LogP contribution in [0.25, 0.3) is 22.6 Å². The molecule has 2 aromatic heterocycles. The lowest BCUT2D eigenvalue weighted by Crippen LogP contribution is -2.04. The zero-order chi connectivity index (χ0) is 17.2. The Morgan fingerprint density at radius 2 is 1.92 bits per heavy atom. The number of aromatic amines is 1. The maximum absolute atomic E-state index is 12.8. The number of alkyl halides is 3. The van der Waals surface area contributed by atoms with Gasteiger partial charge in [0.2, 0.25) is 0 Å². The molecule has 0 bridgehead atoms. The highest BCUT2D eigenvalue weighted by Crippen LogP contribution is 2.32. The van der Waals surface area contributed by atoms with Gasteiger partial charge in [-0.2, -0.15) is 13.2 Å². The molecule has 0 amide bonds. The highest BCUT2D eigenvalue weighted by Gasteiger charge is 2.30. The summed E-state index contributed by atoms with van der Waals surface area (Å²) in [6, 6.07) is 6.99. The Kier molecular flexibility index (Phi) is 4.48. The molecule has 1 aromatic carbocycles. The Morgan fingerprint density at radius 3 is 2.67 bits per heavy atom. The molecule has 0 aliphatic heterocycles. The number of nitrogens with one attached hydrogen (secondary N) is 2. The minimum atomic E-state index is -4.37. The van der Waals surface area contributed by atoms with E-state index in [1.165, 1.54) is 24.2 Å². The van der Waals surface area contributed by atoms with Gasteiger partial charge in [0.25, 0.3) is 0 Å². The average molecular weight is 350 g/mol. The lowest BCUT2D eigenvalue weighted by molar-refractivity contribution is -0.137. The number of halogens is 3. The summed E-state index contributed by atoms with van der Waals surface area (Å²) in [5.74, 6) is 0.541. The first kappa shape index (κ1) is 16.4. The van der Waals surface area contributed by atoms with Crippen molar-refractivity contribution >= 4 is 17.6 Å². The van der Waals surface area contributed by atoms with E-state index in [4.69, 9.17) is 0 Å². The van der Waals surface area contributed by atoms with Crippen molar-refractivity contribution in [2.45, 2.75) is 6.18 Å². The minimum absolute atomic E-state index is 0.426. The molecule has 2 heterocycles. The third kappa shape index (κ3) is 3.53. The average Bonchev–Trinajstić information content (AvgIpc) is 3.05. The summed E-state index contributed by atoms with van der Waals surface area (Å²) in [5, 5.41) is 0. The fraction of sp³-hybridized carbons (Fsp3) is 0.125. The van der Waals surface area contributed by atoms with Crippen LogP contribution in [-0.2, 0) is 6.18 Å². The second-order valence-corrected chi connectivity index (χ2v) is 5.60. The van der Waals surface area contributed by atoms with Gasteiger partial charge in [-0.25, -0.2) is 4.98 Å². The van der Waals surface area contributed by atoms with Crippen LogP contribution in [0.15, 0.2) is 48.9 Å². The molecule has 24 heavy (non-hydrogen) atoms. The number of nitrogens with zero attached hydrogens (tertiary/aromatic N) is 2. The fourth-order valence-electron chi connectivity index (χ4n) is 2.22. The smallest absolute Gasteiger partial charge is 0.338 e. The standard InChI is InChI=1S/C16H13F3N4S/c1-24-23-13-6-11(7-20-8-13)15-21-9-14(22-15)10-3-2-4-12(5-10)16(17,18)19/h2-9,23H,1H3,(H,21,22). The van der Waals surface area contributed by atoms with Crippen molar-refractivity contribution in [3.63, 3.8) is 0 Å². The van der Waals surface area contributed by atoms with E-state index in [9.17, 15) is 13.2 Å². The highest BCUT2D eigenvalue weighted by atomic mass is 32.2. The van der Waals surface area contributed by atoms with Gasteiger partial charge < -0.3 is 9.71 Å². The topological polar surface area (TPSA) is 53.6 Å². The molecule has 0 unspecified atom stereocenters. The maximum Gasteiger partial charge on any atom is 0.416 e. The van der Waals surface area contributed by atoms with E-state index in [0.717, 1.165) is 23.4 Å². The highest BCUT2D eigenvalue weighted by molar-refractivity contribution is 7.99. The quantitative estimate of drug-likeness (QED) is 0.661. The summed E-state index contributed by atoms with van der Waals surface area (Å²) in [6.45, 7) is 0. The largest absolute Gasteiger partial charge is 0.416 e. The van der Waals surface area contributed by atoms with Gasteiger partial charge >= 0.3 is 6.18 Å². The zero-order valence-corrected chi connectivity index (χ0v) is 13.4. The van der Waals surface area contributed by atoms with Gasteiger partial charge in [-0.3, -0.25) is 4.98 Å². The molecule has 3 rings (SSSR count). The van der Waals surface area contributed by atoms with Crippen molar-refractivity contribution in [1.29, 1.82) is 0 Å². The lowest BCUT2D eigenvalue weighted by atomic mass is 10.1. The van der Waals surface area contributed by atoms with Crippen LogP contribution in [0.4, 0.5) is 18.9 Å². The molecule has 0 atom stereocenters. The molecule has 0 saturated carbocycles. The zero-order valence-electron chi connectivity index (χ0n) is 12.6. The van der Waals surface area contributed by atoms with Crippen LogP contribution in [-0.4, -0.2) is 21.2 Å². The second kappa shape index (κ2) is 6.56. The molecule has 0 saturated heterocycles. The molecule has 2 N–H and O–H groups in total. The van der Waals surface area contributed by atoms with Gasteiger partial charge in [-0.05, 0) is 18.2 Å². The first-order valence-electron chi connectivity index (χ1n) is 6.94. The van der Waals surface area contributed by atoms with E-state index in [1.54, 1.807) is 18.5 Å². The number of H-pyrrole nitrogens is 1. The predicted molar refractivity (Wildman–Crippen MR) is 89.4 cm³/mol. The maximum atomic E-state index is 12.8. The molecular weight excluding hydrogens is 337 g/mol. The van der Waals surface area contributed by atoms with Gasteiger partial charge in [0.15, 0.2) is 0 Å². The van der Waals surface area contributed by atoms with E-state index >= 15 is 0 Å². The molecule has 0 spiro atoms. The van der Waals surface area contributed by atoms with E-state index in [0.29, 0.717) is 17.1 Å². The van der Waals surface area contributed by atoms with Crippen molar-refractivity contribution in [2.75, 3.05) is 11.0 Å². The van der Waals surface area contributed by atoms with Crippen molar-refractivity contribution in [3.8, 4) is 22.6 Å². The van der Waals surface area contributed by atoms with Crippen molar-refractivity contribution in [1.82, 2.24) is 15.0 Å². The van der Waals surface area contributed by atoms with E-state index in [-0.39, 0.29) is 0 Å². The van der Waals surface area contributed by atoms with E-state index in [1.807, 2.05) is 12.3 Å². The second-order valence-electron chi connectivity index (χ2n) is 4.99. The molecule has 4 nitrogen and oxygen atoms in total. The SMILES string of the molecule is CSNc1cncc(-c2ncc(-c3cccc(C(F)(F)F)c3)[nH]2)c1. The summed E-state index contributed by atoms with van der Waals surface area (Å²) in [5.41, 5.74) is 1.81. The van der Waals surface area contributed by atoms with Crippen LogP contribution in [0.3, 0.4) is 0 Å². The third-order valence-corrected chi connectivity index (χ3v) is 3.75. The van der Waals surface area contributed by atoms with Crippen LogP contribution in [0.5, 0.6) is 0 Å². The Balaban J connectivity index is 1.92. The van der Waals surface area contributed by atoms with Gasteiger partial charge in [-0.1, -0.05) is 24.1 Å². The van der Waals surface area contributed by atoms with Crippen LogP contribution in [0.1, 0.15) is 5.56 Å².